The number of benzene rings is 1. The van der Waals surface area contributed by atoms with Crippen molar-refractivity contribution in [2.45, 2.75) is 0 Å². The lowest BCUT2D eigenvalue weighted by molar-refractivity contribution is 0.419. The summed E-state index contributed by atoms with van der Waals surface area (Å²) < 4.78 is 6.97. The largest absolute Gasteiger partial charge is 0.495 e. The predicted molar refractivity (Wildman–Crippen MR) is 71.5 cm³/mol. The fourth-order valence-electron chi connectivity index (χ4n) is 2.05. The standard InChI is InChI=1S/C13H14N4O/c1-17-12(14)7-10(16-17)9-6-8-4-3-5-11(18-2)13(8)15-9/h3-7,15H,14H2,1-2H3. The minimum absolute atomic E-state index is 0.635. The highest BCUT2D eigenvalue weighted by Crippen LogP contribution is 2.29. The molecular formula is C13H14N4O. The van der Waals surface area contributed by atoms with Crippen molar-refractivity contribution in [3.8, 4) is 17.1 Å². The van der Waals surface area contributed by atoms with E-state index in [1.165, 1.54) is 0 Å². The van der Waals surface area contributed by atoms with Crippen molar-refractivity contribution in [1.29, 1.82) is 0 Å². The van der Waals surface area contributed by atoms with Crippen LogP contribution in [0, 0.1) is 0 Å². The SMILES string of the molecule is COc1cccc2cc(-c3cc(N)n(C)n3)[nH]c12. The van der Waals surface area contributed by atoms with Crippen LogP contribution in [0.1, 0.15) is 0 Å². The minimum Gasteiger partial charge on any atom is -0.495 e. The van der Waals surface area contributed by atoms with Gasteiger partial charge in [-0.2, -0.15) is 5.10 Å². The molecule has 2 heterocycles. The molecule has 0 unspecified atom stereocenters. The first-order valence-electron chi connectivity index (χ1n) is 5.64. The summed E-state index contributed by atoms with van der Waals surface area (Å²) in [4.78, 5) is 3.32. The lowest BCUT2D eigenvalue weighted by atomic mass is 10.2. The number of aromatic nitrogens is 3. The molecule has 0 spiro atoms. The Morgan fingerprint density at radius 2 is 2.17 bits per heavy atom. The van der Waals surface area contributed by atoms with E-state index in [0.717, 1.165) is 28.0 Å². The van der Waals surface area contributed by atoms with E-state index in [4.69, 9.17) is 10.5 Å². The molecular weight excluding hydrogens is 228 g/mol. The molecule has 1 aromatic carbocycles. The number of anilines is 1. The second-order valence-corrected chi connectivity index (χ2v) is 4.19. The number of nitrogen functional groups attached to an aromatic ring is 1. The lowest BCUT2D eigenvalue weighted by Gasteiger charge is -1.99. The number of H-pyrrole nitrogens is 1. The Hall–Kier alpha value is -2.43. The van der Waals surface area contributed by atoms with Crippen LogP contribution in [0.4, 0.5) is 5.82 Å². The summed E-state index contributed by atoms with van der Waals surface area (Å²) in [5.41, 5.74) is 8.52. The quantitative estimate of drug-likeness (QED) is 0.723. The van der Waals surface area contributed by atoms with Crippen molar-refractivity contribution in [3.63, 3.8) is 0 Å². The molecule has 0 aliphatic rings. The summed E-state index contributed by atoms with van der Waals surface area (Å²) in [5.74, 6) is 1.46. The minimum atomic E-state index is 0.635. The number of fused-ring (bicyclic) bond motifs is 1. The van der Waals surface area contributed by atoms with Crippen LogP contribution in [-0.2, 0) is 7.05 Å². The van der Waals surface area contributed by atoms with Gasteiger partial charge in [-0.1, -0.05) is 12.1 Å². The first kappa shape index (κ1) is 10.7. The van der Waals surface area contributed by atoms with Gasteiger partial charge in [0.15, 0.2) is 0 Å². The maximum Gasteiger partial charge on any atom is 0.142 e. The molecule has 0 saturated carbocycles. The van der Waals surface area contributed by atoms with Crippen LogP contribution in [-0.4, -0.2) is 21.9 Å². The highest BCUT2D eigenvalue weighted by Gasteiger charge is 2.10. The number of nitrogens with one attached hydrogen (secondary N) is 1. The number of nitrogens with two attached hydrogens (primary N) is 1. The third-order valence-corrected chi connectivity index (χ3v) is 3.03. The average molecular weight is 242 g/mol. The second-order valence-electron chi connectivity index (χ2n) is 4.19. The second kappa shape index (κ2) is 3.80. The molecule has 0 aliphatic carbocycles. The van der Waals surface area contributed by atoms with Gasteiger partial charge in [-0.05, 0) is 12.1 Å². The number of ether oxygens (including phenoxy) is 1. The maximum absolute atomic E-state index is 5.79. The summed E-state index contributed by atoms with van der Waals surface area (Å²) in [6.07, 6.45) is 0. The highest BCUT2D eigenvalue weighted by molar-refractivity contribution is 5.90. The number of aryl methyl sites for hydroxylation is 1. The predicted octanol–water partition coefficient (Wildman–Crippen LogP) is 2.16. The summed E-state index contributed by atoms with van der Waals surface area (Å²) in [6.45, 7) is 0. The lowest BCUT2D eigenvalue weighted by Crippen LogP contribution is -1.96. The number of para-hydroxylation sites is 1. The molecule has 5 nitrogen and oxygen atoms in total. The summed E-state index contributed by atoms with van der Waals surface area (Å²) in [6, 6.07) is 9.81. The van der Waals surface area contributed by atoms with Gasteiger partial charge in [-0.15, -0.1) is 0 Å². The van der Waals surface area contributed by atoms with E-state index in [2.05, 4.69) is 10.1 Å². The number of nitrogens with zero attached hydrogens (tertiary/aromatic N) is 2. The molecule has 0 bridgehead atoms. The van der Waals surface area contributed by atoms with Gasteiger partial charge in [0.2, 0.25) is 0 Å². The Bertz CT molecular complexity index is 691. The van der Waals surface area contributed by atoms with Gasteiger partial charge in [0.1, 0.15) is 17.3 Å². The third kappa shape index (κ3) is 1.52. The molecule has 3 rings (SSSR count). The Balaban J connectivity index is 2.19. The number of hydrogen-bond acceptors (Lipinski definition) is 3. The molecule has 3 N–H and O–H groups in total. The Labute approximate surface area is 104 Å². The molecule has 0 fully saturated rings. The van der Waals surface area contributed by atoms with Crippen molar-refractivity contribution >= 4 is 16.7 Å². The van der Waals surface area contributed by atoms with E-state index in [1.807, 2.05) is 37.4 Å². The van der Waals surface area contributed by atoms with Crippen LogP contribution in [0.15, 0.2) is 30.3 Å². The molecule has 0 atom stereocenters. The van der Waals surface area contributed by atoms with E-state index >= 15 is 0 Å². The molecule has 2 aromatic heterocycles. The number of methoxy groups -OCH3 is 1. The zero-order valence-electron chi connectivity index (χ0n) is 10.3. The third-order valence-electron chi connectivity index (χ3n) is 3.03. The molecule has 18 heavy (non-hydrogen) atoms. The van der Waals surface area contributed by atoms with Crippen LogP contribution >= 0.6 is 0 Å². The van der Waals surface area contributed by atoms with Gasteiger partial charge in [0.05, 0.1) is 18.3 Å². The fourth-order valence-corrected chi connectivity index (χ4v) is 2.05. The van der Waals surface area contributed by atoms with E-state index in [1.54, 1.807) is 11.8 Å². The van der Waals surface area contributed by atoms with Gasteiger partial charge in [-0.25, -0.2) is 0 Å². The van der Waals surface area contributed by atoms with Gasteiger partial charge in [0, 0.05) is 18.5 Å². The molecule has 0 saturated heterocycles. The van der Waals surface area contributed by atoms with Crippen LogP contribution in [0.3, 0.4) is 0 Å². The Morgan fingerprint density at radius 1 is 1.33 bits per heavy atom. The molecule has 92 valence electrons. The smallest absolute Gasteiger partial charge is 0.142 e. The normalized spacial score (nSPS) is 11.0. The van der Waals surface area contributed by atoms with Crippen molar-refractivity contribution in [3.05, 3.63) is 30.3 Å². The van der Waals surface area contributed by atoms with Crippen molar-refractivity contribution < 1.29 is 4.74 Å². The zero-order chi connectivity index (χ0) is 12.7. The molecule has 5 heteroatoms. The highest BCUT2D eigenvalue weighted by atomic mass is 16.5. The van der Waals surface area contributed by atoms with Gasteiger partial charge in [-0.3, -0.25) is 4.68 Å². The van der Waals surface area contributed by atoms with E-state index in [9.17, 15) is 0 Å². The van der Waals surface area contributed by atoms with Gasteiger partial charge in [0.25, 0.3) is 0 Å². The molecule has 0 radical (unpaired) electrons. The van der Waals surface area contributed by atoms with Crippen LogP contribution in [0.5, 0.6) is 5.75 Å². The average Bonchev–Trinajstić information content (AvgIpc) is 2.93. The summed E-state index contributed by atoms with van der Waals surface area (Å²) >= 11 is 0. The van der Waals surface area contributed by atoms with Crippen molar-refractivity contribution in [2.24, 2.45) is 7.05 Å². The number of rotatable bonds is 2. The van der Waals surface area contributed by atoms with E-state index in [-0.39, 0.29) is 0 Å². The first-order chi connectivity index (χ1) is 8.69. The molecule has 0 aliphatic heterocycles. The monoisotopic (exact) mass is 242 g/mol. The van der Waals surface area contributed by atoms with Crippen LogP contribution in [0.2, 0.25) is 0 Å². The number of hydrogen-bond donors (Lipinski definition) is 2. The van der Waals surface area contributed by atoms with Crippen molar-refractivity contribution in [1.82, 2.24) is 14.8 Å². The number of aromatic amines is 1. The maximum atomic E-state index is 5.79. The summed E-state index contributed by atoms with van der Waals surface area (Å²) in [5, 5.41) is 5.44. The molecule has 3 aromatic rings. The van der Waals surface area contributed by atoms with Gasteiger partial charge < -0.3 is 15.5 Å². The Morgan fingerprint density at radius 3 is 2.83 bits per heavy atom. The topological polar surface area (TPSA) is 68.9 Å². The summed E-state index contributed by atoms with van der Waals surface area (Å²) in [7, 11) is 3.48. The first-order valence-corrected chi connectivity index (χ1v) is 5.64. The van der Waals surface area contributed by atoms with Crippen LogP contribution in [0.25, 0.3) is 22.3 Å². The van der Waals surface area contributed by atoms with Gasteiger partial charge >= 0.3 is 0 Å². The van der Waals surface area contributed by atoms with E-state index in [0.29, 0.717) is 5.82 Å². The Kier molecular flexibility index (Phi) is 2.26. The fraction of sp³-hybridized carbons (Fsp3) is 0.154. The molecule has 0 amide bonds. The zero-order valence-corrected chi connectivity index (χ0v) is 10.3. The van der Waals surface area contributed by atoms with E-state index < -0.39 is 0 Å². The van der Waals surface area contributed by atoms with Crippen molar-refractivity contribution in [2.75, 3.05) is 12.8 Å². The van der Waals surface area contributed by atoms with Crippen LogP contribution < -0.4 is 10.5 Å².